The fourth-order valence-corrected chi connectivity index (χ4v) is 7.91. The Morgan fingerprint density at radius 1 is 1.25 bits per heavy atom. The highest BCUT2D eigenvalue weighted by atomic mass is 16.6. The average Bonchev–Trinajstić information content (AvgIpc) is 3.07. The second kappa shape index (κ2) is 5.46. The first-order chi connectivity index (χ1) is 13.2. The predicted molar refractivity (Wildman–Crippen MR) is 101 cm³/mol. The van der Waals surface area contributed by atoms with Crippen LogP contribution >= 0.6 is 0 Å². The van der Waals surface area contributed by atoms with E-state index in [0.717, 1.165) is 19.3 Å². The summed E-state index contributed by atoms with van der Waals surface area (Å²) >= 11 is 0. The van der Waals surface area contributed by atoms with Crippen LogP contribution in [0.15, 0.2) is 12.2 Å². The van der Waals surface area contributed by atoms with E-state index in [4.69, 9.17) is 4.74 Å². The lowest BCUT2D eigenvalue weighted by Gasteiger charge is -2.49. The summed E-state index contributed by atoms with van der Waals surface area (Å²) in [5.74, 6) is -1.89. The molecule has 28 heavy (non-hydrogen) atoms. The maximum atomic E-state index is 14.2. The highest BCUT2D eigenvalue weighted by Crippen LogP contribution is 2.72. The SMILES string of the molecule is C[C@@H]1CC[C@@H]2[C@H](C=C[C@H]3[C@@H]4[C@@H](C)O[C@@]5(O)[C@H](CO)N(C)C(=O)[C@@]45C(=O)[C@@]23C)C1. The van der Waals surface area contributed by atoms with Crippen molar-refractivity contribution < 1.29 is 24.5 Å². The Labute approximate surface area is 165 Å². The summed E-state index contributed by atoms with van der Waals surface area (Å²) in [5.41, 5.74) is -2.30. The number of hydrogen-bond donors (Lipinski definition) is 2. The highest BCUT2D eigenvalue weighted by Gasteiger charge is 2.87. The molecular weight excluding hydrogens is 358 g/mol. The second-order valence-electron chi connectivity index (χ2n) is 10.2. The highest BCUT2D eigenvalue weighted by molar-refractivity contribution is 6.14. The molecule has 2 N–H and O–H groups in total. The summed E-state index contributed by atoms with van der Waals surface area (Å²) in [5, 5.41) is 21.6. The Kier molecular flexibility index (Phi) is 3.66. The van der Waals surface area contributed by atoms with Gasteiger partial charge in [-0.15, -0.1) is 0 Å². The van der Waals surface area contributed by atoms with Gasteiger partial charge in [-0.05, 0) is 43.4 Å². The summed E-state index contributed by atoms with van der Waals surface area (Å²) in [4.78, 5) is 29.1. The van der Waals surface area contributed by atoms with Gasteiger partial charge in [0.05, 0.1) is 12.7 Å². The Hall–Kier alpha value is -1.24. The van der Waals surface area contributed by atoms with Crippen LogP contribution in [0, 0.1) is 40.4 Å². The fourth-order valence-electron chi connectivity index (χ4n) is 7.91. The van der Waals surface area contributed by atoms with Gasteiger partial charge in [0.15, 0.2) is 11.2 Å². The fraction of sp³-hybridized carbons (Fsp3) is 0.818. The Morgan fingerprint density at radius 2 is 1.96 bits per heavy atom. The number of rotatable bonds is 1. The quantitative estimate of drug-likeness (QED) is 0.522. The maximum absolute atomic E-state index is 14.2. The molecule has 154 valence electrons. The zero-order chi connectivity index (χ0) is 20.2. The van der Waals surface area contributed by atoms with E-state index in [1.165, 1.54) is 4.90 Å². The number of fused-ring (bicyclic) bond motifs is 4. The summed E-state index contributed by atoms with van der Waals surface area (Å²) in [6.07, 6.45) is 7.09. The predicted octanol–water partition coefficient (Wildman–Crippen LogP) is 1.36. The first-order valence-electron chi connectivity index (χ1n) is 10.7. The monoisotopic (exact) mass is 389 g/mol. The van der Waals surface area contributed by atoms with Crippen molar-refractivity contribution in [1.82, 2.24) is 4.90 Å². The molecule has 2 aliphatic heterocycles. The van der Waals surface area contributed by atoms with Gasteiger partial charge in [-0.1, -0.05) is 32.4 Å². The summed E-state index contributed by atoms with van der Waals surface area (Å²) in [6.45, 7) is 5.70. The average molecular weight is 389 g/mol. The van der Waals surface area contributed by atoms with E-state index in [1.807, 2.05) is 13.8 Å². The number of aliphatic hydroxyl groups is 2. The molecule has 6 nitrogen and oxygen atoms in total. The standard InChI is InChI=1S/C22H31NO5/c1-11-5-7-14-13(9-11)6-8-15-17-12(2)28-22(27)16(10-24)23(4)19(26)21(17,22)18(25)20(14,15)3/h6,8,11-17,24,27H,5,7,9-10H2,1-4H3/t11-,12-,13-,14-,15+,16+,17+,20+,21+,22+/m1/s1. The number of allylic oxidation sites excluding steroid dienone is 2. The largest absolute Gasteiger partial charge is 0.394 e. The van der Waals surface area contributed by atoms with Crippen LogP contribution in [0.2, 0.25) is 0 Å². The van der Waals surface area contributed by atoms with Crippen molar-refractivity contribution in [2.75, 3.05) is 13.7 Å². The lowest BCUT2D eigenvalue weighted by atomic mass is 9.55. The maximum Gasteiger partial charge on any atom is 0.242 e. The van der Waals surface area contributed by atoms with E-state index in [0.29, 0.717) is 11.8 Å². The number of ketones is 1. The van der Waals surface area contributed by atoms with E-state index in [9.17, 15) is 19.8 Å². The smallest absolute Gasteiger partial charge is 0.242 e. The number of ether oxygens (including phenoxy) is 1. The van der Waals surface area contributed by atoms with E-state index >= 15 is 0 Å². The molecule has 2 heterocycles. The molecule has 5 aliphatic rings. The van der Waals surface area contributed by atoms with Crippen molar-refractivity contribution in [2.45, 2.75) is 58.0 Å². The Balaban J connectivity index is 1.71. The van der Waals surface area contributed by atoms with Crippen molar-refractivity contribution in [1.29, 1.82) is 0 Å². The second-order valence-corrected chi connectivity index (χ2v) is 10.2. The third-order valence-electron chi connectivity index (χ3n) is 9.11. The number of nitrogens with zero attached hydrogens (tertiary/aromatic N) is 1. The van der Waals surface area contributed by atoms with Crippen molar-refractivity contribution in [3.63, 3.8) is 0 Å². The molecule has 3 aliphatic carbocycles. The van der Waals surface area contributed by atoms with Gasteiger partial charge in [0.2, 0.25) is 11.7 Å². The molecule has 2 saturated carbocycles. The van der Waals surface area contributed by atoms with Crippen LogP contribution in [-0.4, -0.2) is 58.4 Å². The van der Waals surface area contributed by atoms with Crippen molar-refractivity contribution in [3.8, 4) is 0 Å². The van der Waals surface area contributed by atoms with Crippen LogP contribution in [0.25, 0.3) is 0 Å². The molecule has 0 unspecified atom stereocenters. The van der Waals surface area contributed by atoms with E-state index in [1.54, 1.807) is 7.05 Å². The molecule has 0 aromatic carbocycles. The van der Waals surface area contributed by atoms with Gasteiger partial charge in [-0.2, -0.15) is 0 Å². The molecule has 0 radical (unpaired) electrons. The minimum Gasteiger partial charge on any atom is -0.394 e. The van der Waals surface area contributed by atoms with E-state index < -0.39 is 47.2 Å². The van der Waals surface area contributed by atoms with Gasteiger partial charge < -0.3 is 19.8 Å². The molecule has 1 spiro atoms. The number of hydrogen-bond acceptors (Lipinski definition) is 5. The summed E-state index contributed by atoms with van der Waals surface area (Å²) in [7, 11) is 1.55. The van der Waals surface area contributed by atoms with Gasteiger partial charge in [0.25, 0.3) is 0 Å². The third-order valence-corrected chi connectivity index (χ3v) is 9.11. The molecule has 10 atom stereocenters. The summed E-state index contributed by atoms with van der Waals surface area (Å²) < 4.78 is 5.97. The van der Waals surface area contributed by atoms with Crippen LogP contribution in [-0.2, 0) is 14.3 Å². The van der Waals surface area contributed by atoms with Crippen LogP contribution in [0.4, 0.5) is 0 Å². The first-order valence-corrected chi connectivity index (χ1v) is 10.7. The lowest BCUT2D eigenvalue weighted by Crippen LogP contribution is -2.58. The normalized spacial score (nSPS) is 57.2. The van der Waals surface area contributed by atoms with E-state index in [2.05, 4.69) is 19.1 Å². The van der Waals surface area contributed by atoms with Crippen LogP contribution < -0.4 is 0 Å². The number of amides is 1. The molecule has 2 saturated heterocycles. The van der Waals surface area contributed by atoms with Crippen molar-refractivity contribution >= 4 is 11.7 Å². The molecule has 4 fully saturated rings. The molecule has 5 rings (SSSR count). The summed E-state index contributed by atoms with van der Waals surface area (Å²) in [6, 6.07) is -0.925. The molecular formula is C22H31NO5. The third kappa shape index (κ3) is 1.70. The van der Waals surface area contributed by atoms with Gasteiger partial charge in [-0.25, -0.2) is 0 Å². The minimum atomic E-state index is -1.97. The molecule has 1 amide bonds. The Morgan fingerprint density at radius 3 is 2.64 bits per heavy atom. The zero-order valence-electron chi connectivity index (χ0n) is 17.1. The number of aliphatic hydroxyl groups excluding tert-OH is 1. The zero-order valence-corrected chi connectivity index (χ0v) is 17.1. The van der Waals surface area contributed by atoms with Gasteiger partial charge in [-0.3, -0.25) is 9.59 Å². The van der Waals surface area contributed by atoms with Crippen molar-refractivity contribution in [2.24, 2.45) is 40.4 Å². The lowest BCUT2D eigenvalue weighted by molar-refractivity contribution is -0.240. The Bertz CT molecular complexity index is 781. The minimum absolute atomic E-state index is 0.131. The van der Waals surface area contributed by atoms with E-state index in [-0.39, 0.29) is 17.6 Å². The molecule has 0 bridgehead atoms. The topological polar surface area (TPSA) is 87.1 Å². The van der Waals surface area contributed by atoms with Crippen LogP contribution in [0.5, 0.6) is 0 Å². The molecule has 6 heteroatoms. The van der Waals surface area contributed by atoms with Crippen molar-refractivity contribution in [3.05, 3.63) is 12.2 Å². The van der Waals surface area contributed by atoms with Crippen LogP contribution in [0.1, 0.15) is 40.0 Å². The molecule has 0 aromatic heterocycles. The number of likely N-dealkylation sites (tertiary alicyclic amines) is 1. The number of carbonyl (C=O) groups excluding carboxylic acids is 2. The van der Waals surface area contributed by atoms with Gasteiger partial charge in [0, 0.05) is 18.4 Å². The first kappa shape index (κ1) is 18.8. The number of carbonyl (C=O) groups is 2. The van der Waals surface area contributed by atoms with Gasteiger partial charge in [0.1, 0.15) is 6.04 Å². The van der Waals surface area contributed by atoms with Crippen LogP contribution in [0.3, 0.4) is 0 Å². The number of Topliss-reactive ketones (excluding diaryl/α,β-unsaturated/α-hetero) is 1. The number of likely N-dealkylation sites (N-methyl/N-ethyl adjacent to an activating group) is 1. The van der Waals surface area contributed by atoms with Gasteiger partial charge >= 0.3 is 0 Å². The molecule has 0 aromatic rings.